The number of thiophene rings is 1. The SMILES string of the molecule is Cc1sc2ncn(/N=C\c3cn(-c4ccccc4)nc3-c3ccccc3)c(=O)c2c1C. The van der Waals surface area contributed by atoms with Crippen LogP contribution >= 0.6 is 11.3 Å². The average molecular weight is 426 g/mol. The Morgan fingerprint density at radius 3 is 2.45 bits per heavy atom. The highest BCUT2D eigenvalue weighted by molar-refractivity contribution is 7.18. The van der Waals surface area contributed by atoms with E-state index in [2.05, 4.69) is 10.1 Å². The molecule has 0 aliphatic carbocycles. The Bertz CT molecular complexity index is 1460. The lowest BCUT2D eigenvalue weighted by Gasteiger charge is -2.00. The van der Waals surface area contributed by atoms with E-state index in [1.165, 1.54) is 22.3 Å². The van der Waals surface area contributed by atoms with Crippen LogP contribution in [-0.2, 0) is 0 Å². The van der Waals surface area contributed by atoms with Crippen LogP contribution in [-0.4, -0.2) is 25.7 Å². The number of benzene rings is 2. The normalized spacial score (nSPS) is 11.5. The highest BCUT2D eigenvalue weighted by Gasteiger charge is 2.13. The maximum Gasteiger partial charge on any atom is 0.282 e. The number of aromatic nitrogens is 4. The Morgan fingerprint density at radius 2 is 1.71 bits per heavy atom. The van der Waals surface area contributed by atoms with Crippen LogP contribution in [0.25, 0.3) is 27.2 Å². The van der Waals surface area contributed by atoms with Gasteiger partial charge in [0.1, 0.15) is 16.9 Å². The molecule has 152 valence electrons. The maximum absolute atomic E-state index is 13.0. The molecule has 0 aliphatic rings. The molecule has 0 bridgehead atoms. The molecule has 0 saturated heterocycles. The summed E-state index contributed by atoms with van der Waals surface area (Å²) in [6.07, 6.45) is 5.05. The van der Waals surface area contributed by atoms with Crippen molar-refractivity contribution in [3.63, 3.8) is 0 Å². The minimum atomic E-state index is -0.167. The Kier molecular flexibility index (Phi) is 4.80. The summed E-state index contributed by atoms with van der Waals surface area (Å²) in [7, 11) is 0. The zero-order valence-corrected chi connectivity index (χ0v) is 17.9. The van der Waals surface area contributed by atoms with Gasteiger partial charge in [-0.2, -0.15) is 14.9 Å². The zero-order chi connectivity index (χ0) is 21.4. The summed E-state index contributed by atoms with van der Waals surface area (Å²) in [5.74, 6) is 0. The fourth-order valence-corrected chi connectivity index (χ4v) is 4.44. The molecule has 2 aromatic carbocycles. The molecule has 0 spiro atoms. The topological polar surface area (TPSA) is 65.1 Å². The first-order chi connectivity index (χ1) is 15.1. The van der Waals surface area contributed by atoms with Crippen molar-refractivity contribution in [2.45, 2.75) is 13.8 Å². The summed E-state index contributed by atoms with van der Waals surface area (Å²) in [6, 6.07) is 19.8. The highest BCUT2D eigenvalue weighted by Crippen LogP contribution is 2.25. The smallest absolute Gasteiger partial charge is 0.267 e. The lowest BCUT2D eigenvalue weighted by molar-refractivity contribution is 0.818. The van der Waals surface area contributed by atoms with E-state index in [1.54, 1.807) is 6.21 Å². The molecule has 0 aliphatic heterocycles. The monoisotopic (exact) mass is 425 g/mol. The van der Waals surface area contributed by atoms with Gasteiger partial charge in [-0.25, -0.2) is 9.67 Å². The molecule has 7 heteroatoms. The van der Waals surface area contributed by atoms with Crippen LogP contribution < -0.4 is 5.56 Å². The number of aryl methyl sites for hydroxylation is 2. The number of hydrogen-bond donors (Lipinski definition) is 0. The number of fused-ring (bicyclic) bond motifs is 1. The van der Waals surface area contributed by atoms with Crippen LogP contribution in [0.1, 0.15) is 16.0 Å². The summed E-state index contributed by atoms with van der Waals surface area (Å²) >= 11 is 1.53. The minimum absolute atomic E-state index is 0.167. The second-order valence-electron chi connectivity index (χ2n) is 7.18. The number of hydrogen-bond acceptors (Lipinski definition) is 5. The van der Waals surface area contributed by atoms with Crippen molar-refractivity contribution in [1.29, 1.82) is 0 Å². The number of nitrogens with zero attached hydrogens (tertiary/aromatic N) is 5. The van der Waals surface area contributed by atoms with Crippen molar-refractivity contribution < 1.29 is 0 Å². The predicted octanol–water partition coefficient (Wildman–Crippen LogP) is 4.81. The van der Waals surface area contributed by atoms with E-state index in [-0.39, 0.29) is 5.56 Å². The van der Waals surface area contributed by atoms with E-state index in [4.69, 9.17) is 5.10 Å². The average Bonchev–Trinajstić information content (AvgIpc) is 3.36. The molecule has 0 amide bonds. The van der Waals surface area contributed by atoms with Gasteiger partial charge in [0, 0.05) is 22.2 Å². The molecular weight excluding hydrogens is 406 g/mol. The van der Waals surface area contributed by atoms with Gasteiger partial charge in [0.25, 0.3) is 5.56 Å². The fourth-order valence-electron chi connectivity index (χ4n) is 3.45. The number of rotatable bonds is 4. The van der Waals surface area contributed by atoms with Gasteiger partial charge in [0.05, 0.1) is 17.3 Å². The Balaban J connectivity index is 1.62. The van der Waals surface area contributed by atoms with E-state index < -0.39 is 0 Å². The summed E-state index contributed by atoms with van der Waals surface area (Å²) < 4.78 is 3.11. The molecule has 5 aromatic rings. The van der Waals surface area contributed by atoms with Crippen molar-refractivity contribution in [2.75, 3.05) is 0 Å². The van der Waals surface area contributed by atoms with E-state index in [9.17, 15) is 4.79 Å². The molecule has 3 aromatic heterocycles. The zero-order valence-electron chi connectivity index (χ0n) is 17.1. The predicted molar refractivity (Wildman–Crippen MR) is 125 cm³/mol. The van der Waals surface area contributed by atoms with Crippen molar-refractivity contribution in [1.82, 2.24) is 19.4 Å². The summed E-state index contributed by atoms with van der Waals surface area (Å²) in [5, 5.41) is 9.84. The molecule has 5 rings (SSSR count). The molecular formula is C24H19N5OS. The van der Waals surface area contributed by atoms with Gasteiger partial charge in [0.15, 0.2) is 0 Å². The standard InChI is InChI=1S/C24H19N5OS/c1-16-17(2)31-23-21(16)24(30)29(15-25-23)26-13-19-14-28(20-11-7-4-8-12-20)27-22(19)18-9-5-3-6-10-18/h3-15H,1-2H3/b26-13-. The molecule has 31 heavy (non-hydrogen) atoms. The quantitative estimate of drug-likeness (QED) is 0.388. The second-order valence-corrected chi connectivity index (χ2v) is 8.38. The van der Waals surface area contributed by atoms with Crippen molar-refractivity contribution in [2.24, 2.45) is 5.10 Å². The first kappa shape index (κ1) is 19.1. The van der Waals surface area contributed by atoms with Gasteiger partial charge in [-0.1, -0.05) is 48.5 Å². The first-order valence-electron chi connectivity index (χ1n) is 9.84. The van der Waals surface area contributed by atoms with Crippen LogP contribution in [0.5, 0.6) is 0 Å². The molecule has 3 heterocycles. The van der Waals surface area contributed by atoms with E-state index in [1.807, 2.05) is 85.4 Å². The third-order valence-electron chi connectivity index (χ3n) is 5.20. The van der Waals surface area contributed by atoms with Gasteiger partial charge in [-0.3, -0.25) is 4.79 Å². The minimum Gasteiger partial charge on any atom is -0.267 e. The van der Waals surface area contributed by atoms with E-state index in [0.717, 1.165) is 37.8 Å². The van der Waals surface area contributed by atoms with E-state index in [0.29, 0.717) is 5.39 Å². The van der Waals surface area contributed by atoms with Crippen molar-refractivity contribution >= 4 is 27.8 Å². The molecule has 0 N–H and O–H groups in total. The van der Waals surface area contributed by atoms with Crippen molar-refractivity contribution in [3.8, 4) is 16.9 Å². The highest BCUT2D eigenvalue weighted by atomic mass is 32.1. The van der Waals surface area contributed by atoms with Crippen LogP contribution in [0.15, 0.2) is 83.1 Å². The van der Waals surface area contributed by atoms with Gasteiger partial charge < -0.3 is 0 Å². The summed E-state index contributed by atoms with van der Waals surface area (Å²) in [4.78, 5) is 19.2. The van der Waals surface area contributed by atoms with Gasteiger partial charge in [0.2, 0.25) is 0 Å². The van der Waals surface area contributed by atoms with Gasteiger partial charge in [-0.15, -0.1) is 11.3 Å². The van der Waals surface area contributed by atoms with Crippen LogP contribution in [0.2, 0.25) is 0 Å². The summed E-state index contributed by atoms with van der Waals surface area (Å²) in [6.45, 7) is 3.95. The van der Waals surface area contributed by atoms with Crippen LogP contribution in [0.4, 0.5) is 0 Å². The van der Waals surface area contributed by atoms with Crippen LogP contribution in [0.3, 0.4) is 0 Å². The van der Waals surface area contributed by atoms with Crippen molar-refractivity contribution in [3.05, 3.63) is 99.5 Å². The Morgan fingerprint density at radius 1 is 1.00 bits per heavy atom. The third kappa shape index (κ3) is 3.49. The molecule has 0 radical (unpaired) electrons. The Hall–Kier alpha value is -3.84. The third-order valence-corrected chi connectivity index (χ3v) is 6.32. The number of para-hydroxylation sites is 1. The lowest BCUT2D eigenvalue weighted by atomic mass is 10.1. The second kappa shape index (κ2) is 7.77. The Labute approximate surface area is 182 Å². The van der Waals surface area contributed by atoms with Crippen LogP contribution in [0, 0.1) is 13.8 Å². The van der Waals surface area contributed by atoms with Gasteiger partial charge in [-0.05, 0) is 31.5 Å². The first-order valence-corrected chi connectivity index (χ1v) is 10.7. The molecule has 6 nitrogen and oxygen atoms in total. The van der Waals surface area contributed by atoms with E-state index >= 15 is 0 Å². The molecule has 0 unspecified atom stereocenters. The lowest BCUT2D eigenvalue weighted by Crippen LogP contribution is -2.17. The fraction of sp³-hybridized carbons (Fsp3) is 0.0833. The molecule has 0 saturated carbocycles. The largest absolute Gasteiger partial charge is 0.282 e. The molecule has 0 atom stereocenters. The molecule has 0 fully saturated rings. The maximum atomic E-state index is 13.0. The summed E-state index contributed by atoms with van der Waals surface area (Å²) in [5.41, 5.74) is 4.31. The van der Waals surface area contributed by atoms with Gasteiger partial charge >= 0.3 is 0 Å².